The van der Waals surface area contributed by atoms with E-state index >= 15 is 0 Å². The summed E-state index contributed by atoms with van der Waals surface area (Å²) in [7, 11) is 0. The molecule has 0 saturated heterocycles. The molecule has 0 bridgehead atoms. The smallest absolute Gasteiger partial charge is 0.152 e. The highest BCUT2D eigenvalue weighted by molar-refractivity contribution is 9.09. The van der Waals surface area contributed by atoms with Gasteiger partial charge in [0.15, 0.2) is 6.29 Å². The standard InChI is InChI=1S/C12H14BrFO2/c13-6-2-1-3-7-16-11-5-4-10(9-15)12(14)8-11/h4-5,8-9H,1-3,6-7H2. The van der Waals surface area contributed by atoms with Crippen LogP contribution < -0.4 is 4.74 Å². The van der Waals surface area contributed by atoms with Gasteiger partial charge in [-0.3, -0.25) is 4.79 Å². The summed E-state index contributed by atoms with van der Waals surface area (Å²) in [6.07, 6.45) is 3.64. The van der Waals surface area contributed by atoms with Crippen LogP contribution in [0.5, 0.6) is 5.75 Å². The monoisotopic (exact) mass is 288 g/mol. The first-order chi connectivity index (χ1) is 7.77. The average Bonchev–Trinajstić information content (AvgIpc) is 2.29. The lowest BCUT2D eigenvalue weighted by atomic mass is 10.2. The Kier molecular flexibility index (Phi) is 6.08. The van der Waals surface area contributed by atoms with Crippen molar-refractivity contribution in [1.82, 2.24) is 0 Å². The summed E-state index contributed by atoms with van der Waals surface area (Å²) in [5.41, 5.74) is 0.0617. The zero-order chi connectivity index (χ0) is 11.8. The lowest BCUT2D eigenvalue weighted by molar-refractivity contribution is 0.111. The van der Waals surface area contributed by atoms with Crippen LogP contribution >= 0.6 is 15.9 Å². The fourth-order valence-electron chi connectivity index (χ4n) is 1.26. The highest BCUT2D eigenvalue weighted by Gasteiger charge is 2.02. The summed E-state index contributed by atoms with van der Waals surface area (Å²) in [4.78, 5) is 10.4. The van der Waals surface area contributed by atoms with E-state index in [4.69, 9.17) is 4.74 Å². The highest BCUT2D eigenvalue weighted by atomic mass is 79.9. The van der Waals surface area contributed by atoms with Gasteiger partial charge in [-0.2, -0.15) is 0 Å². The van der Waals surface area contributed by atoms with Crippen LogP contribution in [-0.2, 0) is 0 Å². The first kappa shape index (κ1) is 13.2. The van der Waals surface area contributed by atoms with Gasteiger partial charge in [0.2, 0.25) is 0 Å². The average molecular weight is 289 g/mol. The normalized spacial score (nSPS) is 10.1. The van der Waals surface area contributed by atoms with Crippen molar-refractivity contribution in [3.8, 4) is 5.75 Å². The maximum atomic E-state index is 13.2. The van der Waals surface area contributed by atoms with Crippen molar-refractivity contribution in [3.63, 3.8) is 0 Å². The molecule has 16 heavy (non-hydrogen) atoms. The minimum Gasteiger partial charge on any atom is -0.493 e. The first-order valence-corrected chi connectivity index (χ1v) is 6.33. The van der Waals surface area contributed by atoms with Gasteiger partial charge in [0.1, 0.15) is 11.6 Å². The van der Waals surface area contributed by atoms with Crippen LogP contribution in [-0.4, -0.2) is 18.2 Å². The Morgan fingerprint density at radius 2 is 2.12 bits per heavy atom. The molecule has 0 N–H and O–H groups in total. The number of halogens is 2. The van der Waals surface area contributed by atoms with E-state index in [-0.39, 0.29) is 5.56 Å². The van der Waals surface area contributed by atoms with E-state index in [9.17, 15) is 9.18 Å². The molecule has 0 saturated carbocycles. The number of carbonyl (C=O) groups is 1. The lowest BCUT2D eigenvalue weighted by Crippen LogP contribution is -1.98. The predicted molar refractivity (Wildman–Crippen MR) is 64.9 cm³/mol. The minimum absolute atomic E-state index is 0.0617. The number of rotatable bonds is 7. The lowest BCUT2D eigenvalue weighted by Gasteiger charge is -2.06. The van der Waals surface area contributed by atoms with E-state index in [0.717, 1.165) is 24.6 Å². The maximum absolute atomic E-state index is 13.2. The predicted octanol–water partition coefficient (Wildman–Crippen LogP) is 3.58. The number of aldehydes is 1. The zero-order valence-corrected chi connectivity index (χ0v) is 10.5. The van der Waals surface area contributed by atoms with E-state index in [1.165, 1.54) is 12.1 Å². The van der Waals surface area contributed by atoms with Crippen molar-refractivity contribution in [2.45, 2.75) is 19.3 Å². The maximum Gasteiger partial charge on any atom is 0.152 e. The second kappa shape index (κ2) is 7.39. The third-order valence-electron chi connectivity index (χ3n) is 2.15. The highest BCUT2D eigenvalue weighted by Crippen LogP contribution is 2.15. The van der Waals surface area contributed by atoms with Crippen molar-refractivity contribution >= 4 is 22.2 Å². The molecule has 0 atom stereocenters. The van der Waals surface area contributed by atoms with E-state index in [2.05, 4.69) is 15.9 Å². The Balaban J connectivity index is 2.37. The van der Waals surface area contributed by atoms with Gasteiger partial charge in [0.25, 0.3) is 0 Å². The molecule has 1 rings (SSSR count). The van der Waals surface area contributed by atoms with E-state index in [0.29, 0.717) is 18.6 Å². The molecule has 0 aliphatic rings. The second-order valence-electron chi connectivity index (χ2n) is 3.40. The summed E-state index contributed by atoms with van der Waals surface area (Å²) in [6.45, 7) is 0.576. The molecule has 0 radical (unpaired) electrons. The van der Waals surface area contributed by atoms with E-state index in [1.54, 1.807) is 6.07 Å². The molecule has 0 aromatic heterocycles. The number of carbonyl (C=O) groups excluding carboxylic acids is 1. The molecule has 0 aliphatic carbocycles. The van der Waals surface area contributed by atoms with Gasteiger partial charge >= 0.3 is 0 Å². The van der Waals surface area contributed by atoms with E-state index < -0.39 is 5.82 Å². The summed E-state index contributed by atoms with van der Waals surface area (Å²) >= 11 is 3.35. The fraction of sp³-hybridized carbons (Fsp3) is 0.417. The topological polar surface area (TPSA) is 26.3 Å². The van der Waals surface area contributed by atoms with Gasteiger partial charge < -0.3 is 4.74 Å². The molecular formula is C12H14BrFO2. The quantitative estimate of drug-likeness (QED) is 0.435. The Labute approximate surface area is 103 Å². The van der Waals surface area contributed by atoms with Crippen LogP contribution in [0.4, 0.5) is 4.39 Å². The molecule has 1 aromatic rings. The van der Waals surface area contributed by atoms with Crippen LogP contribution in [0.1, 0.15) is 29.6 Å². The van der Waals surface area contributed by atoms with E-state index in [1.807, 2.05) is 0 Å². The van der Waals surface area contributed by atoms with Crippen molar-refractivity contribution in [2.75, 3.05) is 11.9 Å². The zero-order valence-electron chi connectivity index (χ0n) is 8.92. The molecule has 0 fully saturated rings. The number of hydrogen-bond donors (Lipinski definition) is 0. The summed E-state index contributed by atoms with van der Waals surface area (Å²) < 4.78 is 18.5. The van der Waals surface area contributed by atoms with Crippen molar-refractivity contribution in [2.24, 2.45) is 0 Å². The first-order valence-electron chi connectivity index (χ1n) is 5.21. The van der Waals surface area contributed by atoms with Gasteiger partial charge in [0.05, 0.1) is 12.2 Å². The molecule has 4 heteroatoms. The van der Waals surface area contributed by atoms with Gasteiger partial charge in [-0.1, -0.05) is 15.9 Å². The van der Waals surface area contributed by atoms with Crippen LogP contribution in [0.2, 0.25) is 0 Å². The molecule has 88 valence electrons. The van der Waals surface area contributed by atoms with Crippen LogP contribution in [0.25, 0.3) is 0 Å². The Morgan fingerprint density at radius 3 is 2.75 bits per heavy atom. The Morgan fingerprint density at radius 1 is 1.31 bits per heavy atom. The van der Waals surface area contributed by atoms with Crippen LogP contribution in [0.3, 0.4) is 0 Å². The summed E-state index contributed by atoms with van der Waals surface area (Å²) in [5, 5.41) is 0.996. The molecule has 0 aliphatic heterocycles. The van der Waals surface area contributed by atoms with Crippen molar-refractivity contribution in [1.29, 1.82) is 0 Å². The molecule has 1 aromatic carbocycles. The molecule has 2 nitrogen and oxygen atoms in total. The Bertz CT molecular complexity index is 342. The number of alkyl halides is 1. The summed E-state index contributed by atoms with van der Waals surface area (Å²) in [6, 6.07) is 4.28. The molecule has 0 spiro atoms. The van der Waals surface area contributed by atoms with Crippen LogP contribution in [0.15, 0.2) is 18.2 Å². The third-order valence-corrected chi connectivity index (χ3v) is 2.71. The van der Waals surface area contributed by atoms with Crippen molar-refractivity contribution in [3.05, 3.63) is 29.6 Å². The number of ether oxygens (including phenoxy) is 1. The number of hydrogen-bond acceptors (Lipinski definition) is 2. The molecular weight excluding hydrogens is 275 g/mol. The minimum atomic E-state index is -0.534. The molecule has 0 heterocycles. The molecule has 0 amide bonds. The number of unbranched alkanes of at least 4 members (excludes halogenated alkanes) is 2. The number of benzene rings is 1. The van der Waals surface area contributed by atoms with Gasteiger partial charge in [-0.25, -0.2) is 4.39 Å². The molecule has 0 unspecified atom stereocenters. The van der Waals surface area contributed by atoms with Gasteiger partial charge in [-0.15, -0.1) is 0 Å². The second-order valence-corrected chi connectivity index (χ2v) is 4.19. The summed E-state index contributed by atoms with van der Waals surface area (Å²) in [5.74, 6) is -0.0603. The SMILES string of the molecule is O=Cc1ccc(OCCCCCBr)cc1F. The largest absolute Gasteiger partial charge is 0.493 e. The van der Waals surface area contributed by atoms with Gasteiger partial charge in [0, 0.05) is 11.4 Å². The third kappa shape index (κ3) is 4.31. The van der Waals surface area contributed by atoms with Gasteiger partial charge in [-0.05, 0) is 31.4 Å². The van der Waals surface area contributed by atoms with Crippen molar-refractivity contribution < 1.29 is 13.9 Å². The Hall–Kier alpha value is -0.900. The fourth-order valence-corrected chi connectivity index (χ4v) is 1.65. The van der Waals surface area contributed by atoms with Crippen LogP contribution in [0, 0.1) is 5.82 Å².